The van der Waals surface area contributed by atoms with Crippen LogP contribution in [0, 0.1) is 16.0 Å². The van der Waals surface area contributed by atoms with Gasteiger partial charge in [0.25, 0.3) is 5.69 Å². The lowest BCUT2D eigenvalue weighted by molar-refractivity contribution is -0.385. The largest absolute Gasteiger partial charge is 0.328 e. The number of halogens is 1. The number of rotatable bonds is 3. The Morgan fingerprint density at radius 2 is 1.80 bits per heavy atom. The van der Waals surface area contributed by atoms with E-state index >= 15 is 0 Å². The first kappa shape index (κ1) is 14.1. The molecule has 2 rings (SSSR count). The zero-order valence-electron chi connectivity index (χ0n) is 9.88. The minimum Gasteiger partial charge on any atom is -0.277 e. The van der Waals surface area contributed by atoms with Gasteiger partial charge in [-0.3, -0.25) is 30.3 Å². The molecule has 0 aliphatic carbocycles. The maximum absolute atomic E-state index is 11.6. The fourth-order valence-electron chi connectivity index (χ4n) is 1.79. The summed E-state index contributed by atoms with van der Waals surface area (Å²) in [5.74, 6) is -2.53. The highest BCUT2D eigenvalue weighted by molar-refractivity contribution is 9.10. The van der Waals surface area contributed by atoms with Crippen molar-refractivity contribution in [3.8, 4) is 0 Å². The second-order valence-corrected chi connectivity index (χ2v) is 4.96. The first-order valence-corrected chi connectivity index (χ1v) is 6.26. The van der Waals surface area contributed by atoms with Crippen molar-refractivity contribution in [2.24, 2.45) is 5.92 Å². The van der Waals surface area contributed by atoms with Gasteiger partial charge in [0.2, 0.25) is 11.8 Å². The first-order valence-electron chi connectivity index (χ1n) is 5.47. The molecular weight excluding hydrogens is 334 g/mol. The second kappa shape index (κ2) is 5.37. The Bertz CT molecular complexity index is 610. The predicted octanol–water partition coefficient (Wildman–Crippen LogP) is 0.882. The summed E-state index contributed by atoms with van der Waals surface area (Å²) in [5, 5.41) is 14.8. The maximum atomic E-state index is 11.6. The summed E-state index contributed by atoms with van der Waals surface area (Å²) >= 11 is 3.04. The molecule has 0 atom stereocenters. The summed E-state index contributed by atoms with van der Waals surface area (Å²) in [6, 6.07) is 3.45. The molecule has 2 N–H and O–H groups in total. The number of benzene rings is 1. The molecule has 0 unspecified atom stereocenters. The van der Waals surface area contributed by atoms with Crippen LogP contribution in [0.15, 0.2) is 22.7 Å². The smallest absolute Gasteiger partial charge is 0.277 e. The number of hydrogen-bond donors (Lipinski definition) is 2. The predicted molar refractivity (Wildman–Crippen MR) is 69.7 cm³/mol. The fourth-order valence-corrected chi connectivity index (χ4v) is 2.19. The van der Waals surface area contributed by atoms with Crippen LogP contribution in [0.1, 0.15) is 5.56 Å². The third-order valence-corrected chi connectivity index (χ3v) is 3.42. The molecule has 1 saturated heterocycles. The molecule has 0 bridgehead atoms. The van der Waals surface area contributed by atoms with Crippen LogP contribution in [0.25, 0.3) is 0 Å². The number of nitrogens with one attached hydrogen (secondary N) is 2. The van der Waals surface area contributed by atoms with Gasteiger partial charge in [-0.1, -0.05) is 6.07 Å². The molecule has 8 nitrogen and oxygen atoms in total. The number of urea groups is 1. The highest BCUT2D eigenvalue weighted by Gasteiger charge is 2.34. The Hall–Kier alpha value is -2.29. The highest BCUT2D eigenvalue weighted by Crippen LogP contribution is 2.26. The molecule has 1 aliphatic heterocycles. The minimum atomic E-state index is -1.09. The minimum absolute atomic E-state index is 0.0287. The van der Waals surface area contributed by atoms with Gasteiger partial charge < -0.3 is 0 Å². The third-order valence-electron chi connectivity index (χ3n) is 2.75. The lowest BCUT2D eigenvalue weighted by Crippen LogP contribution is -2.56. The average molecular weight is 342 g/mol. The lowest BCUT2D eigenvalue weighted by atomic mass is 9.96. The Balaban J connectivity index is 2.24. The summed E-state index contributed by atoms with van der Waals surface area (Å²) < 4.78 is 0.305. The maximum Gasteiger partial charge on any atom is 0.328 e. The number of nitro benzene ring substituents is 1. The van der Waals surface area contributed by atoms with Gasteiger partial charge >= 0.3 is 6.03 Å². The van der Waals surface area contributed by atoms with E-state index in [0.717, 1.165) is 0 Å². The molecule has 1 aromatic rings. The van der Waals surface area contributed by atoms with Crippen LogP contribution in [0.4, 0.5) is 10.5 Å². The van der Waals surface area contributed by atoms with E-state index < -0.39 is 28.7 Å². The van der Waals surface area contributed by atoms with Gasteiger partial charge in [0.15, 0.2) is 0 Å². The van der Waals surface area contributed by atoms with E-state index in [9.17, 15) is 24.5 Å². The van der Waals surface area contributed by atoms with Crippen LogP contribution in [-0.4, -0.2) is 22.8 Å². The van der Waals surface area contributed by atoms with E-state index in [4.69, 9.17) is 0 Å². The number of imide groups is 2. The molecule has 0 radical (unpaired) electrons. The van der Waals surface area contributed by atoms with Gasteiger partial charge in [0.05, 0.1) is 9.40 Å². The van der Waals surface area contributed by atoms with Gasteiger partial charge in [-0.2, -0.15) is 0 Å². The molecule has 0 aromatic heterocycles. The number of amides is 4. The quantitative estimate of drug-likeness (QED) is 0.480. The third kappa shape index (κ3) is 2.82. The highest BCUT2D eigenvalue weighted by atomic mass is 79.9. The van der Waals surface area contributed by atoms with E-state index in [1.807, 2.05) is 10.6 Å². The molecule has 104 valence electrons. The van der Waals surface area contributed by atoms with Crippen LogP contribution in [0.3, 0.4) is 0 Å². The standard InChI is InChI=1S/C11H8BrN3O5/c12-7-2-1-5(4-8(7)15(19)20)3-6-9(16)13-11(18)14-10(6)17/h1-2,4,6H,3H2,(H2,13,14,16,17,18). The molecule has 1 aromatic carbocycles. The van der Waals surface area contributed by atoms with Gasteiger partial charge in [0.1, 0.15) is 5.92 Å². The Morgan fingerprint density at radius 3 is 2.35 bits per heavy atom. The van der Waals surface area contributed by atoms with Crippen LogP contribution >= 0.6 is 15.9 Å². The molecular formula is C11H8BrN3O5. The number of barbiturate groups is 1. The number of carbonyl (C=O) groups excluding carboxylic acids is 3. The molecule has 20 heavy (non-hydrogen) atoms. The number of hydrogen-bond acceptors (Lipinski definition) is 5. The van der Waals surface area contributed by atoms with Crippen LogP contribution in [0.2, 0.25) is 0 Å². The van der Waals surface area contributed by atoms with Crippen molar-refractivity contribution in [1.82, 2.24) is 10.6 Å². The van der Waals surface area contributed by atoms with Crippen molar-refractivity contribution in [3.63, 3.8) is 0 Å². The number of nitro groups is 1. The van der Waals surface area contributed by atoms with E-state index in [0.29, 0.717) is 10.0 Å². The van der Waals surface area contributed by atoms with Crippen LogP contribution in [-0.2, 0) is 16.0 Å². The first-order chi connectivity index (χ1) is 9.38. The summed E-state index contributed by atoms with van der Waals surface area (Å²) in [6.07, 6.45) is -0.0287. The average Bonchev–Trinajstić information content (AvgIpc) is 2.35. The van der Waals surface area contributed by atoms with Crippen molar-refractivity contribution in [2.45, 2.75) is 6.42 Å². The van der Waals surface area contributed by atoms with Crippen LogP contribution in [0.5, 0.6) is 0 Å². The Kier molecular flexibility index (Phi) is 3.79. The normalized spacial score (nSPS) is 15.8. The van der Waals surface area contributed by atoms with Gasteiger partial charge in [-0.25, -0.2) is 4.79 Å². The van der Waals surface area contributed by atoms with Crippen LogP contribution < -0.4 is 10.6 Å². The SMILES string of the molecule is O=C1NC(=O)C(Cc2ccc(Br)c([N+](=O)[O-])c2)C(=O)N1. The number of nitrogens with zero attached hydrogens (tertiary/aromatic N) is 1. The summed E-state index contributed by atoms with van der Waals surface area (Å²) in [7, 11) is 0. The zero-order chi connectivity index (χ0) is 14.9. The van der Waals surface area contributed by atoms with Gasteiger partial charge in [-0.05, 0) is 34.0 Å². The summed E-state index contributed by atoms with van der Waals surface area (Å²) in [4.78, 5) is 44.3. The Labute approximate surface area is 120 Å². The van der Waals surface area contributed by atoms with E-state index in [1.54, 1.807) is 6.07 Å². The summed E-state index contributed by atoms with van der Waals surface area (Å²) in [5.41, 5.74) is 0.291. The number of carbonyl (C=O) groups is 3. The molecule has 1 aliphatic rings. The lowest BCUT2D eigenvalue weighted by Gasteiger charge is -2.20. The van der Waals surface area contributed by atoms with Crippen molar-refractivity contribution < 1.29 is 19.3 Å². The van der Waals surface area contributed by atoms with Crippen molar-refractivity contribution in [1.29, 1.82) is 0 Å². The van der Waals surface area contributed by atoms with Crippen molar-refractivity contribution in [2.75, 3.05) is 0 Å². The van der Waals surface area contributed by atoms with E-state index in [1.165, 1.54) is 12.1 Å². The Morgan fingerprint density at radius 1 is 1.20 bits per heavy atom. The topological polar surface area (TPSA) is 118 Å². The molecule has 0 saturated carbocycles. The van der Waals surface area contributed by atoms with Crippen molar-refractivity contribution >= 4 is 39.5 Å². The molecule has 9 heteroatoms. The molecule has 1 fully saturated rings. The fraction of sp³-hybridized carbons (Fsp3) is 0.182. The van der Waals surface area contributed by atoms with Gasteiger partial charge in [0, 0.05) is 6.07 Å². The molecule has 1 heterocycles. The second-order valence-electron chi connectivity index (χ2n) is 4.11. The molecule has 4 amide bonds. The van der Waals surface area contributed by atoms with E-state index in [2.05, 4.69) is 15.9 Å². The van der Waals surface area contributed by atoms with E-state index in [-0.39, 0.29) is 12.1 Å². The van der Waals surface area contributed by atoms with Gasteiger partial charge in [-0.15, -0.1) is 0 Å². The van der Waals surface area contributed by atoms with Crippen molar-refractivity contribution in [3.05, 3.63) is 38.3 Å². The monoisotopic (exact) mass is 341 g/mol. The summed E-state index contributed by atoms with van der Waals surface area (Å²) in [6.45, 7) is 0. The molecule has 0 spiro atoms. The zero-order valence-corrected chi connectivity index (χ0v) is 11.5.